The third-order valence-electron chi connectivity index (χ3n) is 15.6. The molecule has 0 fully saturated rings. The predicted octanol–water partition coefficient (Wildman–Crippen LogP) is 19.7. The minimum absolute atomic E-state index is 0.123. The standard InChI is InChI=1S/C69H46N2O2/c1-69(2)61-27-13-11-23-51(61)52-37-35-47(39-62(52)69)70(44-17-5-3-6-18-44)48-36-38-54-60-42-58-50-22-10-9-21-49(50)57(41-59(58)55-25-16-30-65(67(55)60)72-66(54)40-48)43-31-33-46(34-32-43)71(45-19-7-4-8-20-45)63-28-15-26-56-53-24-12-14-29-64(53)73-68(56)63/h3-42H,1-2H3. The van der Waals surface area contributed by atoms with E-state index in [0.717, 1.165) is 84.1 Å². The van der Waals surface area contributed by atoms with Crippen molar-refractivity contribution in [2.24, 2.45) is 0 Å². The van der Waals surface area contributed by atoms with Crippen molar-refractivity contribution in [1.29, 1.82) is 0 Å². The largest absolute Gasteiger partial charge is 0.456 e. The summed E-state index contributed by atoms with van der Waals surface area (Å²) in [6, 6.07) is 87.7. The Morgan fingerprint density at radius 3 is 1.71 bits per heavy atom. The molecule has 1 aliphatic heterocycles. The molecule has 12 aromatic carbocycles. The summed E-state index contributed by atoms with van der Waals surface area (Å²) < 4.78 is 13.6. The number of fused-ring (bicyclic) bond motifs is 12. The molecule has 13 aromatic rings. The van der Waals surface area contributed by atoms with Crippen molar-refractivity contribution in [2.75, 3.05) is 9.80 Å². The maximum atomic E-state index is 7.03. The van der Waals surface area contributed by atoms with Crippen molar-refractivity contribution in [1.82, 2.24) is 0 Å². The maximum absolute atomic E-state index is 7.03. The average molecular weight is 935 g/mol. The van der Waals surface area contributed by atoms with E-state index in [1.54, 1.807) is 0 Å². The van der Waals surface area contributed by atoms with Gasteiger partial charge < -0.3 is 19.0 Å². The first-order valence-electron chi connectivity index (χ1n) is 25.2. The topological polar surface area (TPSA) is 28.9 Å². The molecule has 0 spiro atoms. The Balaban J connectivity index is 0.847. The lowest BCUT2D eigenvalue weighted by atomic mass is 9.82. The van der Waals surface area contributed by atoms with Crippen LogP contribution in [0.2, 0.25) is 0 Å². The van der Waals surface area contributed by atoms with Crippen LogP contribution in [-0.2, 0) is 5.41 Å². The maximum Gasteiger partial charge on any atom is 0.159 e. The Kier molecular flexibility index (Phi) is 8.97. The normalized spacial score (nSPS) is 13.0. The van der Waals surface area contributed by atoms with Crippen LogP contribution in [0.1, 0.15) is 25.0 Å². The fourth-order valence-electron chi connectivity index (χ4n) is 12.2. The Bertz CT molecular complexity index is 4380. The van der Waals surface area contributed by atoms with Crippen LogP contribution < -0.4 is 14.5 Å². The molecule has 1 aliphatic carbocycles. The highest BCUT2D eigenvalue weighted by atomic mass is 16.5. The first kappa shape index (κ1) is 41.4. The first-order chi connectivity index (χ1) is 36.0. The van der Waals surface area contributed by atoms with Gasteiger partial charge in [-0.3, -0.25) is 0 Å². The minimum Gasteiger partial charge on any atom is -0.456 e. The van der Waals surface area contributed by atoms with Gasteiger partial charge in [-0.15, -0.1) is 0 Å². The van der Waals surface area contributed by atoms with Gasteiger partial charge in [-0.05, 0) is 157 Å². The van der Waals surface area contributed by atoms with Gasteiger partial charge in [0.2, 0.25) is 0 Å². The van der Waals surface area contributed by atoms with Crippen molar-refractivity contribution < 1.29 is 9.15 Å². The second kappa shape index (κ2) is 15.8. The highest BCUT2D eigenvalue weighted by Crippen LogP contribution is 2.54. The smallest absolute Gasteiger partial charge is 0.159 e. The fourth-order valence-corrected chi connectivity index (χ4v) is 12.2. The third-order valence-corrected chi connectivity index (χ3v) is 15.6. The first-order valence-corrected chi connectivity index (χ1v) is 25.2. The summed E-state index contributed by atoms with van der Waals surface area (Å²) in [5.41, 5.74) is 17.9. The number of ether oxygens (including phenoxy) is 1. The van der Waals surface area contributed by atoms with Crippen LogP contribution in [0, 0.1) is 0 Å². The van der Waals surface area contributed by atoms with Crippen LogP contribution in [-0.4, -0.2) is 0 Å². The average Bonchev–Trinajstić information content (AvgIpc) is 3.93. The van der Waals surface area contributed by atoms with E-state index >= 15 is 0 Å². The lowest BCUT2D eigenvalue weighted by Gasteiger charge is -2.29. The summed E-state index contributed by atoms with van der Waals surface area (Å²) in [4.78, 5) is 4.66. The van der Waals surface area contributed by atoms with E-state index in [4.69, 9.17) is 9.15 Å². The van der Waals surface area contributed by atoms with Crippen LogP contribution in [0.15, 0.2) is 247 Å². The zero-order chi connectivity index (χ0) is 48.4. The SMILES string of the molecule is CC1(C)c2ccccc2-c2ccc(N(c3ccccc3)c3ccc4c(c3)Oc3cccc5c3c-4cc3c4ccccc4c(-c4ccc(N(c6ccccc6)c6cccc7c6oc6ccccc67)cc4)cc53)cc21. The molecule has 0 radical (unpaired) electrons. The van der Waals surface area contributed by atoms with E-state index in [1.807, 2.05) is 12.1 Å². The van der Waals surface area contributed by atoms with Crippen molar-refractivity contribution in [3.05, 3.63) is 254 Å². The second-order valence-corrected chi connectivity index (χ2v) is 20.0. The van der Waals surface area contributed by atoms with Crippen LogP contribution in [0.25, 0.3) is 87.6 Å². The van der Waals surface area contributed by atoms with Crippen molar-refractivity contribution >= 4 is 88.4 Å². The number of nitrogens with zero attached hydrogens (tertiary/aromatic N) is 2. The zero-order valence-corrected chi connectivity index (χ0v) is 40.3. The number of benzene rings is 12. The summed E-state index contributed by atoms with van der Waals surface area (Å²) in [5.74, 6) is 1.70. The van der Waals surface area contributed by atoms with Gasteiger partial charge in [0.1, 0.15) is 17.1 Å². The summed E-state index contributed by atoms with van der Waals surface area (Å²) in [6.07, 6.45) is 0. The number of para-hydroxylation sites is 4. The summed E-state index contributed by atoms with van der Waals surface area (Å²) >= 11 is 0. The minimum atomic E-state index is -0.123. The molecule has 2 aliphatic rings. The monoisotopic (exact) mass is 934 g/mol. The van der Waals surface area contributed by atoms with Gasteiger partial charge in [-0.25, -0.2) is 0 Å². The second-order valence-electron chi connectivity index (χ2n) is 20.0. The molecule has 1 aromatic heterocycles. The lowest BCUT2D eigenvalue weighted by molar-refractivity contribution is 0.487. The summed E-state index contributed by atoms with van der Waals surface area (Å²) in [7, 11) is 0. The fraction of sp³-hybridized carbons (Fsp3) is 0.0435. The molecule has 0 saturated carbocycles. The van der Waals surface area contributed by atoms with Crippen LogP contribution >= 0.6 is 0 Å². The highest BCUT2D eigenvalue weighted by Gasteiger charge is 2.36. The van der Waals surface area contributed by atoms with E-state index in [9.17, 15) is 0 Å². The molecule has 0 amide bonds. The molecule has 0 saturated heterocycles. The predicted molar refractivity (Wildman–Crippen MR) is 304 cm³/mol. The van der Waals surface area contributed by atoms with E-state index in [-0.39, 0.29) is 5.41 Å². The molecule has 15 rings (SSSR count). The molecule has 4 nitrogen and oxygen atoms in total. The van der Waals surface area contributed by atoms with Gasteiger partial charge in [0.15, 0.2) is 5.58 Å². The third kappa shape index (κ3) is 6.27. The van der Waals surface area contributed by atoms with Gasteiger partial charge in [0.05, 0.1) is 5.69 Å². The molecule has 0 unspecified atom stereocenters. The molecule has 73 heavy (non-hydrogen) atoms. The number of hydrogen-bond acceptors (Lipinski definition) is 4. The van der Waals surface area contributed by atoms with Crippen LogP contribution in [0.5, 0.6) is 11.5 Å². The summed E-state index contributed by atoms with van der Waals surface area (Å²) in [5, 5.41) is 9.35. The lowest BCUT2D eigenvalue weighted by Crippen LogP contribution is -2.16. The van der Waals surface area contributed by atoms with Crippen LogP contribution in [0.4, 0.5) is 34.1 Å². The number of anilines is 6. The molecule has 344 valence electrons. The number of rotatable bonds is 7. The Labute approximate surface area is 423 Å². The van der Waals surface area contributed by atoms with Gasteiger partial charge in [-0.1, -0.05) is 159 Å². The van der Waals surface area contributed by atoms with Crippen LogP contribution in [0.3, 0.4) is 0 Å². The Morgan fingerprint density at radius 1 is 0.329 bits per heavy atom. The highest BCUT2D eigenvalue weighted by molar-refractivity contribution is 6.25. The molecule has 0 bridgehead atoms. The van der Waals surface area contributed by atoms with Gasteiger partial charge in [0, 0.05) is 61.6 Å². The zero-order valence-electron chi connectivity index (χ0n) is 40.3. The molecule has 4 heteroatoms. The van der Waals surface area contributed by atoms with E-state index < -0.39 is 0 Å². The van der Waals surface area contributed by atoms with Crippen molar-refractivity contribution in [3.8, 4) is 44.9 Å². The number of hydrogen-bond donors (Lipinski definition) is 0. The van der Waals surface area contributed by atoms with Crippen molar-refractivity contribution in [3.63, 3.8) is 0 Å². The molecule has 0 N–H and O–H groups in total. The van der Waals surface area contributed by atoms with Gasteiger partial charge in [-0.2, -0.15) is 0 Å². The van der Waals surface area contributed by atoms with E-state index in [2.05, 4.69) is 254 Å². The molecule has 2 heterocycles. The molecular formula is C69H46N2O2. The Morgan fingerprint density at radius 2 is 0.904 bits per heavy atom. The quantitative estimate of drug-likeness (QED) is 0.149. The number of furan rings is 1. The van der Waals surface area contributed by atoms with E-state index in [1.165, 1.54) is 60.3 Å². The summed E-state index contributed by atoms with van der Waals surface area (Å²) in [6.45, 7) is 4.69. The van der Waals surface area contributed by atoms with Gasteiger partial charge >= 0.3 is 0 Å². The van der Waals surface area contributed by atoms with Crippen molar-refractivity contribution in [2.45, 2.75) is 19.3 Å². The Hall–Kier alpha value is -9.38. The molecule has 0 atom stereocenters. The molecular weight excluding hydrogens is 889 g/mol. The van der Waals surface area contributed by atoms with Gasteiger partial charge in [0.25, 0.3) is 0 Å². The van der Waals surface area contributed by atoms with E-state index in [0.29, 0.717) is 0 Å².